The van der Waals surface area contributed by atoms with Crippen molar-refractivity contribution in [3.63, 3.8) is 0 Å². The molecule has 0 unspecified atom stereocenters. The molecule has 3 rings (SSSR count). The Balaban J connectivity index is 1.61. The largest absolute Gasteiger partial charge is 0.495 e. The van der Waals surface area contributed by atoms with Crippen LogP contribution >= 0.6 is 34.7 Å². The Kier molecular flexibility index (Phi) is 8.20. The molecule has 0 spiro atoms. The van der Waals surface area contributed by atoms with Crippen molar-refractivity contribution in [1.82, 2.24) is 10.2 Å². The molecule has 0 atom stereocenters. The van der Waals surface area contributed by atoms with Gasteiger partial charge >= 0.3 is 5.97 Å². The van der Waals surface area contributed by atoms with Crippen molar-refractivity contribution in [2.75, 3.05) is 24.8 Å². The number of hydrogen-bond acceptors (Lipinski definition) is 9. The number of aryl methyl sites for hydroxylation is 1. The first-order valence-electron chi connectivity index (χ1n) is 9.22. The van der Waals surface area contributed by atoms with E-state index in [4.69, 9.17) is 21.1 Å². The van der Waals surface area contributed by atoms with Crippen molar-refractivity contribution < 1.29 is 23.9 Å². The van der Waals surface area contributed by atoms with E-state index in [9.17, 15) is 14.4 Å². The Morgan fingerprint density at radius 2 is 1.81 bits per heavy atom. The lowest BCUT2D eigenvalue weighted by atomic mass is 10.1. The number of thioether (sulfide) groups is 1. The number of carbonyl (C=O) groups excluding carboxylic acids is 3. The molecule has 0 aliphatic carbocycles. The van der Waals surface area contributed by atoms with Crippen molar-refractivity contribution in [1.29, 1.82) is 0 Å². The van der Waals surface area contributed by atoms with Crippen LogP contribution in [0.15, 0.2) is 46.8 Å². The van der Waals surface area contributed by atoms with Gasteiger partial charge in [0.25, 0.3) is 0 Å². The summed E-state index contributed by atoms with van der Waals surface area (Å²) in [6.07, 6.45) is 0. The summed E-state index contributed by atoms with van der Waals surface area (Å²) >= 11 is 8.46. The number of hydrogen-bond donors (Lipinski definition) is 1. The third kappa shape index (κ3) is 6.52. The molecule has 1 heterocycles. The van der Waals surface area contributed by atoms with E-state index in [1.165, 1.54) is 48.4 Å². The molecule has 3 aromatic rings. The lowest BCUT2D eigenvalue weighted by molar-refractivity contribution is -0.113. The summed E-state index contributed by atoms with van der Waals surface area (Å²) in [6, 6.07) is 10.7. The number of esters is 1. The maximum Gasteiger partial charge on any atom is 0.338 e. The monoisotopic (exact) mass is 491 g/mol. The van der Waals surface area contributed by atoms with Crippen molar-refractivity contribution in [2.45, 2.75) is 11.3 Å². The van der Waals surface area contributed by atoms with Crippen molar-refractivity contribution >= 4 is 58.0 Å². The van der Waals surface area contributed by atoms with Gasteiger partial charge in [-0.25, -0.2) is 4.79 Å². The Labute approximate surface area is 197 Å². The number of ketones is 1. The fraction of sp³-hybridized carbons (Fsp3) is 0.190. The minimum Gasteiger partial charge on any atom is -0.495 e. The number of methoxy groups -OCH3 is 1. The minimum absolute atomic E-state index is 0.113. The van der Waals surface area contributed by atoms with Gasteiger partial charge in [-0.15, -0.1) is 10.2 Å². The van der Waals surface area contributed by atoms with Gasteiger partial charge in [-0.05, 0) is 49.4 Å². The van der Waals surface area contributed by atoms with Gasteiger partial charge in [0.15, 0.2) is 16.7 Å². The average molecular weight is 492 g/mol. The van der Waals surface area contributed by atoms with Gasteiger partial charge in [0.2, 0.25) is 5.91 Å². The van der Waals surface area contributed by atoms with Gasteiger partial charge in [0.05, 0.1) is 24.1 Å². The molecule has 0 aliphatic heterocycles. The van der Waals surface area contributed by atoms with Gasteiger partial charge in [0.1, 0.15) is 10.8 Å². The van der Waals surface area contributed by atoms with Crippen LogP contribution in [0.2, 0.25) is 5.02 Å². The van der Waals surface area contributed by atoms with Crippen molar-refractivity contribution in [3.05, 3.63) is 63.6 Å². The summed E-state index contributed by atoms with van der Waals surface area (Å²) < 4.78 is 11.1. The first-order valence-corrected chi connectivity index (χ1v) is 11.4. The SMILES string of the molecule is COc1ccc(C(=O)OCC(=O)c2ccc(Cl)cc2)cc1NC(=O)CSc1nnc(C)s1. The van der Waals surface area contributed by atoms with Crippen LogP contribution in [0.25, 0.3) is 0 Å². The van der Waals surface area contributed by atoms with E-state index >= 15 is 0 Å². The van der Waals surface area contributed by atoms with E-state index in [0.29, 0.717) is 26.4 Å². The maximum atomic E-state index is 12.4. The van der Waals surface area contributed by atoms with Crippen LogP contribution in [0.3, 0.4) is 0 Å². The highest BCUT2D eigenvalue weighted by Crippen LogP contribution is 2.27. The number of anilines is 1. The maximum absolute atomic E-state index is 12.4. The number of Topliss-reactive ketones (excluding diaryl/α,β-unsaturated/α-hetero) is 1. The smallest absolute Gasteiger partial charge is 0.338 e. The number of nitrogens with zero attached hydrogens (tertiary/aromatic N) is 2. The van der Waals surface area contributed by atoms with Crippen LogP contribution < -0.4 is 10.1 Å². The summed E-state index contributed by atoms with van der Waals surface area (Å²) in [6.45, 7) is 1.41. The molecule has 166 valence electrons. The number of rotatable bonds is 9. The van der Waals surface area contributed by atoms with Crippen LogP contribution in [0, 0.1) is 6.92 Å². The Hall–Kier alpha value is -2.95. The summed E-state index contributed by atoms with van der Waals surface area (Å²) in [5.41, 5.74) is 0.857. The molecule has 0 saturated heterocycles. The van der Waals surface area contributed by atoms with Crippen LogP contribution in [-0.4, -0.2) is 47.3 Å². The first-order chi connectivity index (χ1) is 15.4. The molecule has 2 aromatic carbocycles. The molecule has 0 bridgehead atoms. The minimum atomic E-state index is -0.704. The standard InChI is InChI=1S/C21H18ClN3O5S2/c1-12-24-25-21(32-12)31-11-19(27)23-16-9-14(5-8-18(16)29-2)20(28)30-10-17(26)13-3-6-15(22)7-4-13/h3-9H,10-11H2,1-2H3,(H,23,27). The fourth-order valence-electron chi connectivity index (χ4n) is 2.52. The van der Waals surface area contributed by atoms with Crippen molar-refractivity contribution in [2.24, 2.45) is 0 Å². The summed E-state index contributed by atoms with van der Waals surface area (Å²) in [5.74, 6) is -0.874. The third-order valence-corrected chi connectivity index (χ3v) is 6.27. The Morgan fingerprint density at radius 1 is 1.09 bits per heavy atom. The van der Waals surface area contributed by atoms with Gasteiger partial charge in [-0.3, -0.25) is 9.59 Å². The number of halogens is 1. The third-order valence-electron chi connectivity index (χ3n) is 4.04. The predicted octanol–water partition coefficient (Wildman–Crippen LogP) is 4.28. The fourth-order valence-corrected chi connectivity index (χ4v) is 4.26. The Morgan fingerprint density at radius 3 is 2.47 bits per heavy atom. The summed E-state index contributed by atoms with van der Waals surface area (Å²) in [4.78, 5) is 36.9. The molecular weight excluding hydrogens is 474 g/mol. The van der Waals surface area contributed by atoms with Gasteiger partial charge < -0.3 is 14.8 Å². The number of nitrogens with one attached hydrogen (secondary N) is 1. The second-order valence-electron chi connectivity index (χ2n) is 6.35. The average Bonchev–Trinajstić information content (AvgIpc) is 3.21. The van der Waals surface area contributed by atoms with Gasteiger partial charge in [0, 0.05) is 10.6 Å². The molecular formula is C21H18ClN3O5S2. The second-order valence-corrected chi connectivity index (χ2v) is 9.19. The van der Waals surface area contributed by atoms with Crippen LogP contribution in [-0.2, 0) is 9.53 Å². The van der Waals surface area contributed by atoms with Crippen molar-refractivity contribution in [3.8, 4) is 5.75 Å². The lowest BCUT2D eigenvalue weighted by Crippen LogP contribution is -2.17. The highest BCUT2D eigenvalue weighted by molar-refractivity contribution is 8.01. The molecule has 32 heavy (non-hydrogen) atoms. The van der Waals surface area contributed by atoms with Crippen LogP contribution in [0.5, 0.6) is 5.75 Å². The van der Waals surface area contributed by atoms with E-state index in [1.807, 2.05) is 6.92 Å². The van der Waals surface area contributed by atoms with E-state index in [1.54, 1.807) is 24.3 Å². The van der Waals surface area contributed by atoms with E-state index < -0.39 is 12.6 Å². The number of carbonyl (C=O) groups is 3. The number of ether oxygens (including phenoxy) is 2. The number of aromatic nitrogens is 2. The summed E-state index contributed by atoms with van der Waals surface area (Å²) in [7, 11) is 1.45. The molecule has 0 radical (unpaired) electrons. The molecule has 0 fully saturated rings. The number of amides is 1. The quantitative estimate of drug-likeness (QED) is 0.268. The molecule has 0 aliphatic rings. The topological polar surface area (TPSA) is 107 Å². The predicted molar refractivity (Wildman–Crippen MR) is 123 cm³/mol. The van der Waals surface area contributed by atoms with E-state index in [0.717, 1.165) is 5.01 Å². The highest BCUT2D eigenvalue weighted by atomic mass is 35.5. The second kappa shape index (κ2) is 11.1. The molecule has 0 saturated carbocycles. The molecule has 8 nitrogen and oxygen atoms in total. The first kappa shape index (κ1) is 23.7. The molecule has 11 heteroatoms. The molecule has 1 aromatic heterocycles. The number of benzene rings is 2. The lowest BCUT2D eigenvalue weighted by Gasteiger charge is -2.12. The van der Waals surface area contributed by atoms with Gasteiger partial charge in [-0.2, -0.15) is 0 Å². The van der Waals surface area contributed by atoms with Crippen LogP contribution in [0.1, 0.15) is 25.7 Å². The normalized spacial score (nSPS) is 10.5. The molecule has 1 N–H and O–H groups in total. The zero-order valence-electron chi connectivity index (χ0n) is 17.1. The van der Waals surface area contributed by atoms with E-state index in [2.05, 4.69) is 15.5 Å². The zero-order valence-corrected chi connectivity index (χ0v) is 19.5. The highest BCUT2D eigenvalue weighted by Gasteiger charge is 2.16. The van der Waals surface area contributed by atoms with Crippen LogP contribution in [0.4, 0.5) is 5.69 Å². The summed E-state index contributed by atoms with van der Waals surface area (Å²) in [5, 5.41) is 11.9. The van der Waals surface area contributed by atoms with E-state index in [-0.39, 0.29) is 23.0 Å². The molecule has 1 amide bonds. The Bertz CT molecular complexity index is 1130. The zero-order chi connectivity index (χ0) is 23.1. The van der Waals surface area contributed by atoms with Gasteiger partial charge in [-0.1, -0.05) is 34.7 Å².